The van der Waals surface area contributed by atoms with Crippen molar-refractivity contribution >= 4 is 51.3 Å². The van der Waals surface area contributed by atoms with Gasteiger partial charge in [-0.15, -0.1) is 0 Å². The number of aromatic amines is 1. The van der Waals surface area contributed by atoms with Gasteiger partial charge in [0.2, 0.25) is 5.95 Å². The minimum atomic E-state index is -2.36. The van der Waals surface area contributed by atoms with Crippen LogP contribution in [-0.4, -0.2) is 66.8 Å². The van der Waals surface area contributed by atoms with Crippen molar-refractivity contribution in [2.45, 2.75) is 13.8 Å². The second-order valence-corrected chi connectivity index (χ2v) is 9.13. The fraction of sp³-hybridized carbons (Fsp3) is 0.292. The number of fused-ring (bicyclic) bond motifs is 1. The number of para-hydroxylation sites is 1. The molecule has 3 aromatic heterocycles. The number of aryl methyl sites for hydroxylation is 2. The van der Waals surface area contributed by atoms with Crippen molar-refractivity contribution < 1.29 is 8.76 Å². The number of H-pyrrole nitrogens is 1. The van der Waals surface area contributed by atoms with Crippen LogP contribution in [0.4, 0.5) is 29.0 Å². The fourth-order valence-corrected chi connectivity index (χ4v) is 4.05. The molecule has 4 aromatic rings. The number of likely N-dealkylation sites (N-methyl/N-ethyl adjacent to an activating group) is 1. The van der Waals surface area contributed by atoms with E-state index in [0.717, 1.165) is 54.4 Å². The quantitative estimate of drug-likeness (QED) is 0.298. The first-order chi connectivity index (χ1) is 17.3. The molecule has 5 N–H and O–H groups in total. The van der Waals surface area contributed by atoms with Crippen LogP contribution in [-0.2, 0) is 11.3 Å². The number of anilines is 5. The Kier molecular flexibility index (Phi) is 8.10. The van der Waals surface area contributed by atoms with E-state index >= 15 is 0 Å². The number of nitrogens with two attached hydrogens (primary N) is 1. The molecule has 190 valence electrons. The Balaban J connectivity index is 0.000000709. The van der Waals surface area contributed by atoms with E-state index in [4.69, 9.17) is 13.7 Å². The summed E-state index contributed by atoms with van der Waals surface area (Å²) in [7, 11) is 2.16. The van der Waals surface area contributed by atoms with Crippen LogP contribution < -0.4 is 20.7 Å². The van der Waals surface area contributed by atoms with E-state index in [1.807, 2.05) is 24.5 Å². The van der Waals surface area contributed by atoms with E-state index in [-0.39, 0.29) is 0 Å². The van der Waals surface area contributed by atoms with Gasteiger partial charge < -0.3 is 30.0 Å². The highest BCUT2D eigenvalue weighted by Crippen LogP contribution is 2.29. The van der Waals surface area contributed by atoms with E-state index in [1.54, 1.807) is 0 Å². The van der Waals surface area contributed by atoms with Gasteiger partial charge >= 0.3 is 0 Å². The smallest absolute Gasteiger partial charge is 0.232 e. The largest absolute Gasteiger partial charge is 0.760 e. The molecule has 1 fully saturated rings. The second kappa shape index (κ2) is 11.4. The zero-order valence-electron chi connectivity index (χ0n) is 20.5. The number of nitrogens with one attached hydrogen (secondary N) is 3. The number of nitrogens with zero attached hydrogens (tertiary/aromatic N) is 5. The van der Waals surface area contributed by atoms with Crippen molar-refractivity contribution in [1.82, 2.24) is 24.8 Å². The lowest BCUT2D eigenvalue weighted by atomic mass is 10.1. The van der Waals surface area contributed by atoms with Gasteiger partial charge in [0.15, 0.2) is 0 Å². The fourth-order valence-electron chi connectivity index (χ4n) is 4.05. The van der Waals surface area contributed by atoms with Crippen LogP contribution in [0.15, 0.2) is 48.8 Å². The number of benzene rings is 1. The molecule has 11 nitrogen and oxygen atoms in total. The van der Waals surface area contributed by atoms with E-state index in [0.29, 0.717) is 11.8 Å². The van der Waals surface area contributed by atoms with Crippen LogP contribution in [0.25, 0.3) is 11.0 Å². The number of piperazine rings is 1. The molecule has 1 saturated heterocycles. The number of pyridine rings is 1. The standard InChI is InChI=1S/C24H28N8.H3NO2S/c1-16-5-4-6-17(2)21(16)28-23-19-9-10-25-22(19)29-24(30-23)27-20-8-7-18(15-26-20)32-13-11-31(3)12-14-32;1-4(2)3/h4-10,15H,11-14H2,1-3H3,(H3,25,26,27,28,29,30);1H2,(H,2,3)/p-1. The summed E-state index contributed by atoms with van der Waals surface area (Å²) < 4.78 is 17.6. The van der Waals surface area contributed by atoms with Gasteiger partial charge in [0.1, 0.15) is 17.3 Å². The summed E-state index contributed by atoms with van der Waals surface area (Å²) in [5.41, 5.74) is 5.31. The minimum absolute atomic E-state index is 0.494. The molecule has 1 unspecified atom stereocenters. The molecule has 1 aliphatic rings. The Morgan fingerprint density at radius 3 is 2.36 bits per heavy atom. The lowest BCUT2D eigenvalue weighted by Crippen LogP contribution is -2.44. The van der Waals surface area contributed by atoms with Crippen LogP contribution in [0.5, 0.6) is 0 Å². The number of rotatable bonds is 5. The number of hydrogen-bond acceptors (Lipinski definition) is 9. The van der Waals surface area contributed by atoms with Crippen LogP contribution in [0.2, 0.25) is 0 Å². The monoisotopic (exact) mass is 508 g/mol. The normalized spacial score (nSPS) is 14.8. The minimum Gasteiger partial charge on any atom is -0.760 e. The molecule has 0 aliphatic carbocycles. The first kappa shape index (κ1) is 25.5. The van der Waals surface area contributed by atoms with Crippen molar-refractivity contribution in [3.8, 4) is 0 Å². The molecule has 4 heterocycles. The summed E-state index contributed by atoms with van der Waals surface area (Å²) in [6.07, 6.45) is 3.79. The van der Waals surface area contributed by atoms with Gasteiger partial charge in [-0.3, -0.25) is 9.35 Å². The maximum Gasteiger partial charge on any atom is 0.232 e. The van der Waals surface area contributed by atoms with Crippen molar-refractivity contribution in [1.29, 1.82) is 0 Å². The van der Waals surface area contributed by atoms with Crippen molar-refractivity contribution in [2.75, 3.05) is 48.8 Å². The molecule has 0 radical (unpaired) electrons. The van der Waals surface area contributed by atoms with E-state index in [2.05, 4.69) is 85.7 Å². The predicted molar refractivity (Wildman–Crippen MR) is 143 cm³/mol. The average Bonchev–Trinajstić information content (AvgIpc) is 3.31. The molecule has 12 heteroatoms. The van der Waals surface area contributed by atoms with Crippen LogP contribution >= 0.6 is 0 Å². The third-order valence-electron chi connectivity index (χ3n) is 6.00. The first-order valence-electron chi connectivity index (χ1n) is 11.5. The zero-order chi connectivity index (χ0) is 25.7. The maximum atomic E-state index is 8.78. The van der Waals surface area contributed by atoms with Gasteiger partial charge in [-0.2, -0.15) is 9.97 Å². The Morgan fingerprint density at radius 2 is 1.72 bits per heavy atom. The Bertz CT molecular complexity index is 1310. The van der Waals surface area contributed by atoms with E-state index < -0.39 is 11.3 Å². The van der Waals surface area contributed by atoms with Crippen molar-refractivity contribution in [2.24, 2.45) is 5.14 Å². The van der Waals surface area contributed by atoms with Gasteiger partial charge in [-0.05, 0) is 50.2 Å². The molecule has 0 bridgehead atoms. The van der Waals surface area contributed by atoms with Gasteiger partial charge in [0.25, 0.3) is 0 Å². The lowest BCUT2D eigenvalue weighted by molar-refractivity contribution is 0.313. The third-order valence-corrected chi connectivity index (χ3v) is 6.00. The zero-order valence-corrected chi connectivity index (χ0v) is 21.3. The summed E-state index contributed by atoms with van der Waals surface area (Å²) in [6, 6.07) is 12.3. The molecule has 1 aliphatic heterocycles. The van der Waals surface area contributed by atoms with Crippen LogP contribution in [0, 0.1) is 13.8 Å². The molecule has 1 atom stereocenters. The Labute approximate surface area is 212 Å². The van der Waals surface area contributed by atoms with Crippen LogP contribution in [0.1, 0.15) is 11.1 Å². The number of hydrogen-bond donors (Lipinski definition) is 4. The number of aromatic nitrogens is 4. The first-order valence-corrected chi connectivity index (χ1v) is 12.6. The molecular formula is C24H30N9O2S-. The summed E-state index contributed by atoms with van der Waals surface area (Å²) in [5, 5.41) is 11.7. The highest BCUT2D eigenvalue weighted by molar-refractivity contribution is 7.76. The molecule has 5 rings (SSSR count). The molecule has 1 aromatic carbocycles. The third kappa shape index (κ3) is 6.34. The summed E-state index contributed by atoms with van der Waals surface area (Å²) in [5.74, 6) is 1.96. The van der Waals surface area contributed by atoms with Crippen LogP contribution in [0.3, 0.4) is 0 Å². The van der Waals surface area contributed by atoms with Crippen molar-refractivity contribution in [3.63, 3.8) is 0 Å². The molecule has 0 amide bonds. The van der Waals surface area contributed by atoms with Gasteiger partial charge in [0, 0.05) is 49.3 Å². The van der Waals surface area contributed by atoms with Gasteiger partial charge in [-0.1, -0.05) is 18.2 Å². The van der Waals surface area contributed by atoms with E-state index in [1.165, 1.54) is 11.1 Å². The maximum absolute atomic E-state index is 8.78. The van der Waals surface area contributed by atoms with Gasteiger partial charge in [0.05, 0.1) is 17.3 Å². The van der Waals surface area contributed by atoms with Crippen molar-refractivity contribution in [3.05, 3.63) is 59.9 Å². The SMILES string of the molecule is Cc1cccc(C)c1Nc1nc(Nc2ccc(N3CCN(C)CC3)cn2)nc2[nH]ccc12.NS(=O)[O-]. The summed E-state index contributed by atoms with van der Waals surface area (Å²) in [6.45, 7) is 8.36. The highest BCUT2D eigenvalue weighted by atomic mass is 32.2. The summed E-state index contributed by atoms with van der Waals surface area (Å²) in [4.78, 5) is 21.9. The Hall–Kier alpha value is -3.58. The lowest BCUT2D eigenvalue weighted by Gasteiger charge is -2.33. The molecule has 0 spiro atoms. The topological polar surface area (TPSA) is 151 Å². The molecule has 0 saturated carbocycles. The predicted octanol–water partition coefficient (Wildman–Crippen LogP) is 2.95. The molecular weight excluding hydrogens is 478 g/mol. The average molecular weight is 509 g/mol. The van der Waals surface area contributed by atoms with Gasteiger partial charge in [-0.25, -0.2) is 4.98 Å². The second-order valence-electron chi connectivity index (χ2n) is 8.61. The Morgan fingerprint density at radius 1 is 1.03 bits per heavy atom. The van der Waals surface area contributed by atoms with E-state index in [9.17, 15) is 0 Å². The summed E-state index contributed by atoms with van der Waals surface area (Å²) >= 11 is -2.36. The molecule has 36 heavy (non-hydrogen) atoms. The highest BCUT2D eigenvalue weighted by Gasteiger charge is 2.15.